The number of piperidine rings is 1. The SMILES string of the molecule is CNCC(CC1CCCCC1)N1CCCC(C(OCCCOC)c2cccc(C#N)c2)C1. The van der Waals surface area contributed by atoms with Crippen molar-refractivity contribution in [2.24, 2.45) is 11.8 Å². The second kappa shape index (κ2) is 14.0. The Kier molecular flexibility index (Phi) is 11.0. The largest absolute Gasteiger partial charge is 0.385 e. The Bertz CT molecular complexity index is 698. The molecular formula is C27H43N3O2. The van der Waals surface area contributed by atoms with E-state index in [-0.39, 0.29) is 6.10 Å². The van der Waals surface area contributed by atoms with Crippen molar-refractivity contribution in [3.05, 3.63) is 35.4 Å². The smallest absolute Gasteiger partial charge is 0.0991 e. The van der Waals surface area contributed by atoms with Gasteiger partial charge in [0, 0.05) is 45.4 Å². The summed E-state index contributed by atoms with van der Waals surface area (Å²) >= 11 is 0. The predicted molar refractivity (Wildman–Crippen MR) is 130 cm³/mol. The third-order valence-electron chi connectivity index (χ3n) is 7.34. The monoisotopic (exact) mass is 441 g/mol. The van der Waals surface area contributed by atoms with E-state index in [2.05, 4.69) is 29.4 Å². The molecule has 1 heterocycles. The summed E-state index contributed by atoms with van der Waals surface area (Å²) in [7, 11) is 3.82. The second-order valence-corrected chi connectivity index (χ2v) is 9.72. The normalized spacial score (nSPS) is 22.3. The summed E-state index contributed by atoms with van der Waals surface area (Å²) in [5.74, 6) is 1.34. The molecule has 178 valence electrons. The maximum atomic E-state index is 9.41. The van der Waals surface area contributed by atoms with Crippen molar-refractivity contribution in [1.29, 1.82) is 5.26 Å². The highest BCUT2D eigenvalue weighted by Gasteiger charge is 2.33. The molecule has 5 nitrogen and oxygen atoms in total. The molecule has 0 aromatic heterocycles. The first kappa shape index (κ1) is 25.2. The van der Waals surface area contributed by atoms with Gasteiger partial charge in [-0.1, -0.05) is 44.2 Å². The fraction of sp³-hybridized carbons (Fsp3) is 0.741. The molecule has 0 amide bonds. The standard InChI is InChI=1S/C27H43N3O2/c1-29-20-26(18-22-9-4-3-5-10-22)30-14-7-13-25(21-30)27(32-16-8-15-31-2)24-12-6-11-23(17-24)19-28/h6,11-12,17,22,25-27,29H,3-5,7-10,13-16,18,20-21H2,1-2H3. The number of likely N-dealkylation sites (tertiary alicyclic amines) is 1. The molecule has 1 aromatic rings. The van der Waals surface area contributed by atoms with Crippen molar-refractivity contribution < 1.29 is 9.47 Å². The van der Waals surface area contributed by atoms with Crippen LogP contribution in [-0.2, 0) is 9.47 Å². The number of ether oxygens (including phenoxy) is 2. The van der Waals surface area contributed by atoms with Crippen LogP contribution in [0.15, 0.2) is 24.3 Å². The van der Waals surface area contributed by atoms with E-state index < -0.39 is 0 Å². The first-order valence-corrected chi connectivity index (χ1v) is 12.7. The summed E-state index contributed by atoms with van der Waals surface area (Å²) in [6, 6.07) is 10.9. The average molecular weight is 442 g/mol. The maximum absolute atomic E-state index is 9.41. The molecule has 0 bridgehead atoms. The Balaban J connectivity index is 1.71. The topological polar surface area (TPSA) is 57.5 Å². The van der Waals surface area contributed by atoms with Gasteiger partial charge < -0.3 is 14.8 Å². The Morgan fingerprint density at radius 1 is 1.16 bits per heavy atom. The number of methoxy groups -OCH3 is 1. The van der Waals surface area contributed by atoms with E-state index >= 15 is 0 Å². The molecule has 0 spiro atoms. The predicted octanol–water partition coefficient (Wildman–Crippen LogP) is 4.92. The molecule has 1 aromatic carbocycles. The lowest BCUT2D eigenvalue weighted by Crippen LogP contribution is -2.48. The van der Waals surface area contributed by atoms with Gasteiger partial charge in [0.1, 0.15) is 0 Å². The number of nitrogens with one attached hydrogen (secondary N) is 1. The molecule has 1 saturated carbocycles. The molecule has 3 rings (SSSR count). The van der Waals surface area contributed by atoms with Crippen molar-refractivity contribution >= 4 is 0 Å². The summed E-state index contributed by atoms with van der Waals surface area (Å²) in [5, 5.41) is 12.9. The van der Waals surface area contributed by atoms with E-state index in [0.29, 0.717) is 30.7 Å². The molecule has 2 fully saturated rings. The zero-order chi connectivity index (χ0) is 22.6. The van der Waals surface area contributed by atoms with Crippen LogP contribution in [0, 0.1) is 23.2 Å². The van der Waals surface area contributed by atoms with Crippen LogP contribution in [0.25, 0.3) is 0 Å². The van der Waals surface area contributed by atoms with Crippen molar-refractivity contribution in [1.82, 2.24) is 10.2 Å². The Morgan fingerprint density at radius 3 is 2.75 bits per heavy atom. The third-order valence-corrected chi connectivity index (χ3v) is 7.34. The minimum atomic E-state index is 0.0351. The summed E-state index contributed by atoms with van der Waals surface area (Å²) in [6.07, 6.45) is 11.7. The van der Waals surface area contributed by atoms with E-state index in [1.165, 1.54) is 57.9 Å². The molecule has 2 aliphatic rings. The fourth-order valence-electron chi connectivity index (χ4n) is 5.73. The fourth-order valence-corrected chi connectivity index (χ4v) is 5.73. The second-order valence-electron chi connectivity index (χ2n) is 9.72. The van der Waals surface area contributed by atoms with Gasteiger partial charge >= 0.3 is 0 Å². The minimum absolute atomic E-state index is 0.0351. The van der Waals surface area contributed by atoms with Crippen LogP contribution in [0.5, 0.6) is 0 Å². The molecule has 1 saturated heterocycles. The number of rotatable bonds is 12. The van der Waals surface area contributed by atoms with E-state index in [9.17, 15) is 5.26 Å². The highest BCUT2D eigenvalue weighted by atomic mass is 16.5. The van der Waals surface area contributed by atoms with Gasteiger partial charge in [0.05, 0.1) is 17.7 Å². The van der Waals surface area contributed by atoms with Crippen LogP contribution in [0.1, 0.15) is 75.0 Å². The minimum Gasteiger partial charge on any atom is -0.385 e. The van der Waals surface area contributed by atoms with Gasteiger partial charge in [-0.25, -0.2) is 0 Å². The van der Waals surface area contributed by atoms with Crippen LogP contribution >= 0.6 is 0 Å². The third kappa shape index (κ3) is 7.56. The highest BCUT2D eigenvalue weighted by molar-refractivity contribution is 5.34. The molecule has 1 N–H and O–H groups in total. The Hall–Kier alpha value is -1.45. The van der Waals surface area contributed by atoms with Gasteiger partial charge in [0.2, 0.25) is 0 Å². The lowest BCUT2D eigenvalue weighted by molar-refractivity contribution is -0.0300. The molecular weight excluding hydrogens is 398 g/mol. The number of nitrogens with zero attached hydrogens (tertiary/aromatic N) is 2. The maximum Gasteiger partial charge on any atom is 0.0991 e. The molecule has 0 radical (unpaired) electrons. The number of nitriles is 1. The van der Waals surface area contributed by atoms with Gasteiger partial charge in [0.25, 0.3) is 0 Å². The average Bonchev–Trinajstić information content (AvgIpc) is 2.84. The van der Waals surface area contributed by atoms with Gasteiger partial charge in [-0.05, 0) is 62.9 Å². The van der Waals surface area contributed by atoms with E-state index in [1.54, 1.807) is 7.11 Å². The Labute approximate surface area is 195 Å². The lowest BCUT2D eigenvalue weighted by Gasteiger charge is -2.42. The first-order valence-electron chi connectivity index (χ1n) is 12.7. The summed E-state index contributed by atoms with van der Waals surface area (Å²) < 4.78 is 11.7. The molecule has 32 heavy (non-hydrogen) atoms. The summed E-state index contributed by atoms with van der Waals surface area (Å²) in [6.45, 7) is 4.72. The van der Waals surface area contributed by atoms with Crippen molar-refractivity contribution in [2.75, 3.05) is 47.0 Å². The summed E-state index contributed by atoms with van der Waals surface area (Å²) in [5.41, 5.74) is 1.86. The first-order chi connectivity index (χ1) is 15.7. The van der Waals surface area contributed by atoms with Crippen molar-refractivity contribution in [3.8, 4) is 6.07 Å². The van der Waals surface area contributed by atoms with Gasteiger partial charge in [-0.3, -0.25) is 4.90 Å². The van der Waals surface area contributed by atoms with Crippen molar-refractivity contribution in [3.63, 3.8) is 0 Å². The lowest BCUT2D eigenvalue weighted by atomic mass is 9.83. The van der Waals surface area contributed by atoms with Crippen LogP contribution in [0.2, 0.25) is 0 Å². The molecule has 3 unspecified atom stereocenters. The van der Waals surface area contributed by atoms with Crippen LogP contribution < -0.4 is 5.32 Å². The van der Waals surface area contributed by atoms with Crippen LogP contribution in [0.3, 0.4) is 0 Å². The van der Waals surface area contributed by atoms with Gasteiger partial charge in [0.15, 0.2) is 0 Å². The zero-order valence-electron chi connectivity index (χ0n) is 20.2. The van der Waals surface area contributed by atoms with E-state index in [0.717, 1.165) is 31.0 Å². The van der Waals surface area contributed by atoms with Gasteiger partial charge in [-0.2, -0.15) is 5.26 Å². The van der Waals surface area contributed by atoms with Crippen LogP contribution in [-0.4, -0.2) is 57.9 Å². The Morgan fingerprint density at radius 2 is 2.00 bits per heavy atom. The highest BCUT2D eigenvalue weighted by Crippen LogP contribution is 2.35. The number of hydrogen-bond donors (Lipinski definition) is 1. The van der Waals surface area contributed by atoms with E-state index in [4.69, 9.17) is 9.47 Å². The van der Waals surface area contributed by atoms with Crippen molar-refractivity contribution in [2.45, 2.75) is 69.9 Å². The quantitative estimate of drug-likeness (QED) is 0.467. The molecule has 1 aliphatic carbocycles. The number of hydrogen-bond acceptors (Lipinski definition) is 5. The molecule has 5 heteroatoms. The van der Waals surface area contributed by atoms with Gasteiger partial charge in [-0.15, -0.1) is 0 Å². The number of likely N-dealkylation sites (N-methyl/N-ethyl adjacent to an activating group) is 1. The molecule has 1 aliphatic heterocycles. The summed E-state index contributed by atoms with van der Waals surface area (Å²) in [4.78, 5) is 2.74. The zero-order valence-corrected chi connectivity index (χ0v) is 20.2. The number of benzene rings is 1. The van der Waals surface area contributed by atoms with Crippen LogP contribution in [0.4, 0.5) is 0 Å². The van der Waals surface area contributed by atoms with E-state index in [1.807, 2.05) is 18.2 Å². The molecule has 3 atom stereocenters.